The van der Waals surface area contributed by atoms with Crippen LogP contribution in [0.3, 0.4) is 0 Å². The van der Waals surface area contributed by atoms with Crippen LogP contribution in [0.2, 0.25) is 0 Å². The lowest BCUT2D eigenvalue weighted by Crippen LogP contribution is -1.98. The fraction of sp³-hybridized carbons (Fsp3) is 0.0400. The van der Waals surface area contributed by atoms with Crippen LogP contribution in [0.4, 0.5) is 16.0 Å². The average Bonchev–Trinajstić information content (AvgIpc) is 3.42. The minimum absolute atomic E-state index is 0.284. The summed E-state index contributed by atoms with van der Waals surface area (Å²) in [4.78, 5) is 21.1. The van der Waals surface area contributed by atoms with Gasteiger partial charge in [-0.3, -0.25) is 4.98 Å². The smallest absolute Gasteiger partial charge is 0.208 e. The Morgan fingerprint density at radius 1 is 0.912 bits per heavy atom. The molecule has 9 heteroatoms. The molecule has 0 saturated carbocycles. The number of anilines is 2. The fourth-order valence-electron chi connectivity index (χ4n) is 3.72. The second-order valence-corrected chi connectivity index (χ2v) is 7.72. The van der Waals surface area contributed by atoms with Crippen LogP contribution in [-0.4, -0.2) is 29.5 Å². The summed E-state index contributed by atoms with van der Waals surface area (Å²) < 4.78 is 21.2. The Hall–Kier alpha value is -4.79. The molecule has 0 aliphatic rings. The number of H-pyrrole nitrogens is 1. The Labute approximate surface area is 193 Å². The number of hydrogen-bond donors (Lipinski definition) is 2. The van der Waals surface area contributed by atoms with Gasteiger partial charge in [0, 0.05) is 37.3 Å². The van der Waals surface area contributed by atoms with Crippen LogP contribution < -0.4 is 10.1 Å². The molecule has 0 radical (unpaired) electrons. The van der Waals surface area contributed by atoms with Crippen LogP contribution in [0.15, 0.2) is 79.1 Å². The normalized spacial score (nSPS) is 11.2. The van der Waals surface area contributed by atoms with Gasteiger partial charge in [-0.15, -0.1) is 0 Å². The lowest BCUT2D eigenvalue weighted by molar-refractivity contribution is 0.483. The molecule has 0 unspecified atom stereocenters. The summed E-state index contributed by atoms with van der Waals surface area (Å²) in [5.41, 5.74) is 4.58. The molecular weight excluding hydrogens is 433 g/mol. The van der Waals surface area contributed by atoms with Gasteiger partial charge in [0.1, 0.15) is 23.0 Å². The summed E-state index contributed by atoms with van der Waals surface area (Å²) in [6.45, 7) is 0. The first-order valence-electron chi connectivity index (χ1n) is 10.6. The van der Waals surface area contributed by atoms with Gasteiger partial charge in [0.2, 0.25) is 5.95 Å². The summed E-state index contributed by atoms with van der Waals surface area (Å²) in [6, 6.07) is 19.2. The number of pyridine rings is 2. The topological polar surface area (TPSA) is 93.5 Å². The largest absolute Gasteiger partial charge is 0.457 e. The number of hydrogen-bond acceptors (Lipinski definition) is 6. The van der Waals surface area contributed by atoms with Crippen molar-refractivity contribution in [3.63, 3.8) is 0 Å². The van der Waals surface area contributed by atoms with Gasteiger partial charge < -0.3 is 19.6 Å². The molecule has 2 N–H and O–H groups in total. The zero-order valence-corrected chi connectivity index (χ0v) is 18.0. The minimum Gasteiger partial charge on any atom is -0.457 e. The lowest BCUT2D eigenvalue weighted by Gasteiger charge is -2.07. The highest BCUT2D eigenvalue weighted by molar-refractivity contribution is 5.81. The molecule has 0 aliphatic carbocycles. The first-order valence-corrected chi connectivity index (χ1v) is 10.6. The molecule has 0 amide bonds. The Morgan fingerprint density at radius 2 is 1.76 bits per heavy atom. The Morgan fingerprint density at radius 3 is 2.62 bits per heavy atom. The summed E-state index contributed by atoms with van der Waals surface area (Å²) in [5.74, 6) is 2.24. The number of imidazole rings is 2. The number of fused-ring (bicyclic) bond motifs is 2. The predicted molar refractivity (Wildman–Crippen MR) is 128 cm³/mol. The number of nitrogens with zero attached hydrogens (tertiary/aromatic N) is 5. The van der Waals surface area contributed by atoms with Gasteiger partial charge in [0.25, 0.3) is 0 Å². The summed E-state index contributed by atoms with van der Waals surface area (Å²) in [5, 5.41) is 3.22. The van der Waals surface area contributed by atoms with Crippen LogP contribution in [0, 0.1) is 5.82 Å². The zero-order valence-electron chi connectivity index (χ0n) is 18.0. The van der Waals surface area contributed by atoms with E-state index in [0.717, 1.165) is 22.2 Å². The van der Waals surface area contributed by atoms with Crippen molar-refractivity contribution < 1.29 is 9.13 Å². The van der Waals surface area contributed by atoms with E-state index >= 15 is 0 Å². The number of nitrogens with one attached hydrogen (secondary N) is 2. The highest BCUT2D eigenvalue weighted by Crippen LogP contribution is 2.29. The van der Waals surface area contributed by atoms with Gasteiger partial charge >= 0.3 is 0 Å². The van der Waals surface area contributed by atoms with E-state index in [1.165, 1.54) is 12.1 Å². The Kier molecular flexibility index (Phi) is 4.65. The number of aromatic amines is 1. The lowest BCUT2D eigenvalue weighted by atomic mass is 10.3. The zero-order chi connectivity index (χ0) is 23.1. The van der Waals surface area contributed by atoms with Crippen molar-refractivity contribution in [2.75, 3.05) is 5.32 Å². The van der Waals surface area contributed by atoms with Crippen molar-refractivity contribution in [3.05, 3.63) is 84.9 Å². The summed E-state index contributed by atoms with van der Waals surface area (Å²) in [6.07, 6.45) is 3.38. The Bertz CT molecular complexity index is 1610. The molecule has 0 saturated heterocycles. The van der Waals surface area contributed by atoms with Crippen molar-refractivity contribution in [2.24, 2.45) is 7.05 Å². The maximum absolute atomic E-state index is 13.2. The van der Waals surface area contributed by atoms with Crippen molar-refractivity contribution >= 4 is 33.8 Å². The van der Waals surface area contributed by atoms with Crippen molar-refractivity contribution in [2.45, 2.75) is 0 Å². The SMILES string of the molecule is Cn1c(Nc2ccc(F)cc2)nc2cc(Oc3ccnc(-c4nc5ncccc5[nH]4)c3)ccc21. The second kappa shape index (κ2) is 7.96. The van der Waals surface area contributed by atoms with E-state index in [1.807, 2.05) is 48.0 Å². The number of aromatic nitrogens is 6. The van der Waals surface area contributed by atoms with E-state index < -0.39 is 0 Å². The molecule has 2 aromatic carbocycles. The third-order valence-corrected chi connectivity index (χ3v) is 5.42. The van der Waals surface area contributed by atoms with E-state index in [-0.39, 0.29) is 5.82 Å². The molecule has 0 fully saturated rings. The van der Waals surface area contributed by atoms with Gasteiger partial charge in [0.05, 0.1) is 16.6 Å². The van der Waals surface area contributed by atoms with Crippen LogP contribution in [-0.2, 0) is 7.05 Å². The van der Waals surface area contributed by atoms with Crippen molar-refractivity contribution in [1.29, 1.82) is 0 Å². The van der Waals surface area contributed by atoms with Crippen LogP contribution in [0.25, 0.3) is 33.7 Å². The fourth-order valence-corrected chi connectivity index (χ4v) is 3.72. The van der Waals surface area contributed by atoms with Crippen molar-refractivity contribution in [1.82, 2.24) is 29.5 Å². The van der Waals surface area contributed by atoms with Crippen molar-refractivity contribution in [3.8, 4) is 23.0 Å². The molecule has 34 heavy (non-hydrogen) atoms. The average molecular weight is 451 g/mol. The van der Waals surface area contributed by atoms with E-state index in [9.17, 15) is 4.39 Å². The van der Waals surface area contributed by atoms with Gasteiger partial charge in [0.15, 0.2) is 11.5 Å². The van der Waals surface area contributed by atoms with Crippen LogP contribution in [0.1, 0.15) is 0 Å². The number of ether oxygens (including phenoxy) is 1. The standard InChI is InChI=1S/C25H18FN7O/c1-33-22-9-8-17(13-20(22)31-25(33)29-16-6-4-15(26)5-7-16)34-18-10-12-27-21(14-18)24-30-19-3-2-11-28-23(19)32-24/h2-14H,1H3,(H,29,31)(H,28,30,32). The van der Waals surface area contributed by atoms with Gasteiger partial charge in [-0.2, -0.15) is 0 Å². The van der Waals surface area contributed by atoms with Gasteiger partial charge in [-0.1, -0.05) is 0 Å². The summed E-state index contributed by atoms with van der Waals surface area (Å²) in [7, 11) is 1.92. The van der Waals surface area contributed by atoms with E-state index in [4.69, 9.17) is 4.74 Å². The molecule has 4 aromatic heterocycles. The molecule has 8 nitrogen and oxygen atoms in total. The number of rotatable bonds is 5. The molecule has 6 aromatic rings. The quantitative estimate of drug-likeness (QED) is 0.355. The monoisotopic (exact) mass is 451 g/mol. The van der Waals surface area contributed by atoms with Gasteiger partial charge in [-0.25, -0.2) is 19.3 Å². The molecule has 0 bridgehead atoms. The highest BCUT2D eigenvalue weighted by Gasteiger charge is 2.12. The molecular formula is C25H18FN7O. The Balaban J connectivity index is 1.27. The van der Waals surface area contributed by atoms with Crippen LogP contribution in [0.5, 0.6) is 11.5 Å². The third-order valence-electron chi connectivity index (χ3n) is 5.42. The molecule has 0 spiro atoms. The first-order chi connectivity index (χ1) is 16.6. The number of halogens is 1. The highest BCUT2D eigenvalue weighted by atomic mass is 19.1. The van der Waals surface area contributed by atoms with E-state index in [2.05, 4.69) is 30.2 Å². The van der Waals surface area contributed by atoms with Gasteiger partial charge in [-0.05, 0) is 54.6 Å². The minimum atomic E-state index is -0.284. The second-order valence-electron chi connectivity index (χ2n) is 7.72. The third kappa shape index (κ3) is 3.69. The maximum Gasteiger partial charge on any atom is 0.208 e. The number of benzene rings is 2. The molecule has 4 heterocycles. The number of aryl methyl sites for hydroxylation is 1. The first kappa shape index (κ1) is 19.9. The molecule has 6 rings (SSSR count). The summed E-state index contributed by atoms with van der Waals surface area (Å²) >= 11 is 0. The maximum atomic E-state index is 13.2. The van der Waals surface area contributed by atoms with Crippen LogP contribution >= 0.6 is 0 Å². The molecule has 0 aliphatic heterocycles. The predicted octanol–water partition coefficient (Wildman–Crippen LogP) is 5.58. The van der Waals surface area contributed by atoms with E-state index in [0.29, 0.717) is 34.6 Å². The van der Waals surface area contributed by atoms with E-state index in [1.54, 1.807) is 30.6 Å². The molecule has 0 atom stereocenters. The molecule has 166 valence electrons.